The van der Waals surface area contributed by atoms with Gasteiger partial charge >= 0.3 is 0 Å². The van der Waals surface area contributed by atoms with Crippen molar-refractivity contribution in [2.24, 2.45) is 5.41 Å². The maximum atomic E-state index is 9.75. The van der Waals surface area contributed by atoms with Gasteiger partial charge in [-0.1, -0.05) is 34.6 Å². The molecule has 3 heteroatoms. The van der Waals surface area contributed by atoms with Crippen molar-refractivity contribution in [2.75, 3.05) is 26.2 Å². The van der Waals surface area contributed by atoms with Crippen LogP contribution in [0.3, 0.4) is 0 Å². The molecule has 0 saturated carbocycles. The Labute approximate surface area is 126 Å². The largest absolute Gasteiger partial charge is 0.394 e. The summed E-state index contributed by atoms with van der Waals surface area (Å²) in [6.07, 6.45) is 5.87. The Morgan fingerprint density at radius 1 is 1.25 bits per heavy atom. The van der Waals surface area contributed by atoms with Crippen LogP contribution in [-0.4, -0.2) is 47.8 Å². The van der Waals surface area contributed by atoms with Crippen molar-refractivity contribution in [3.8, 4) is 0 Å². The topological polar surface area (TPSA) is 35.5 Å². The first kappa shape index (κ1) is 17.9. The molecule has 1 rings (SSSR count). The van der Waals surface area contributed by atoms with Gasteiger partial charge in [0.15, 0.2) is 0 Å². The van der Waals surface area contributed by atoms with E-state index in [-0.39, 0.29) is 12.1 Å². The summed E-state index contributed by atoms with van der Waals surface area (Å²) in [4.78, 5) is 2.60. The summed E-state index contributed by atoms with van der Waals surface area (Å²) in [6.45, 7) is 15.2. The third kappa shape index (κ3) is 5.71. The van der Waals surface area contributed by atoms with Gasteiger partial charge in [-0.25, -0.2) is 0 Å². The lowest BCUT2D eigenvalue weighted by Crippen LogP contribution is -2.51. The number of aliphatic hydroxyl groups is 1. The quantitative estimate of drug-likeness (QED) is 0.719. The van der Waals surface area contributed by atoms with Crippen molar-refractivity contribution in [1.29, 1.82) is 0 Å². The Balaban J connectivity index is 2.34. The van der Waals surface area contributed by atoms with Gasteiger partial charge in [-0.15, -0.1) is 0 Å². The van der Waals surface area contributed by atoms with Crippen LogP contribution in [0.5, 0.6) is 0 Å². The predicted molar refractivity (Wildman–Crippen MR) is 87.1 cm³/mol. The van der Waals surface area contributed by atoms with Crippen LogP contribution in [0.4, 0.5) is 0 Å². The van der Waals surface area contributed by atoms with Gasteiger partial charge < -0.3 is 15.3 Å². The third-order valence-electron chi connectivity index (χ3n) is 4.91. The number of aliphatic hydroxyl groups excluding tert-OH is 1. The first-order valence-electron chi connectivity index (χ1n) is 8.43. The van der Waals surface area contributed by atoms with E-state index in [0.717, 1.165) is 12.8 Å². The zero-order valence-corrected chi connectivity index (χ0v) is 14.3. The molecular weight excluding hydrogens is 248 g/mol. The smallest absolute Gasteiger partial charge is 0.0613 e. The van der Waals surface area contributed by atoms with Crippen LogP contribution in [0.25, 0.3) is 0 Å². The van der Waals surface area contributed by atoms with E-state index >= 15 is 0 Å². The van der Waals surface area contributed by atoms with E-state index < -0.39 is 0 Å². The number of nitrogens with one attached hydrogen (secondary N) is 1. The molecule has 0 aliphatic carbocycles. The minimum absolute atomic E-state index is 0.0801. The highest BCUT2D eigenvalue weighted by molar-refractivity contribution is 4.88. The molecule has 1 aliphatic heterocycles. The van der Waals surface area contributed by atoms with Gasteiger partial charge in [0.1, 0.15) is 0 Å². The molecule has 0 amide bonds. The van der Waals surface area contributed by atoms with Crippen LogP contribution in [-0.2, 0) is 0 Å². The fourth-order valence-corrected chi connectivity index (χ4v) is 3.22. The van der Waals surface area contributed by atoms with Crippen LogP contribution in [0.2, 0.25) is 0 Å². The lowest BCUT2D eigenvalue weighted by atomic mass is 9.82. The molecule has 120 valence electrons. The van der Waals surface area contributed by atoms with E-state index in [0.29, 0.717) is 11.5 Å². The first-order valence-corrected chi connectivity index (χ1v) is 8.43. The van der Waals surface area contributed by atoms with Gasteiger partial charge in [-0.05, 0) is 57.2 Å². The second-order valence-electron chi connectivity index (χ2n) is 7.70. The average Bonchev–Trinajstić information content (AvgIpc) is 2.39. The molecule has 0 radical (unpaired) electrons. The lowest BCUT2D eigenvalue weighted by molar-refractivity contribution is 0.110. The first-order chi connectivity index (χ1) is 9.32. The van der Waals surface area contributed by atoms with Crippen molar-refractivity contribution in [3.05, 3.63) is 0 Å². The van der Waals surface area contributed by atoms with Gasteiger partial charge in [0.05, 0.1) is 6.61 Å². The highest BCUT2D eigenvalue weighted by Crippen LogP contribution is 2.30. The van der Waals surface area contributed by atoms with E-state index in [2.05, 4.69) is 44.8 Å². The Morgan fingerprint density at radius 2 is 1.85 bits per heavy atom. The summed E-state index contributed by atoms with van der Waals surface area (Å²) in [6, 6.07) is 0.429. The monoisotopic (exact) mass is 284 g/mol. The fraction of sp³-hybridized carbons (Fsp3) is 1.00. The van der Waals surface area contributed by atoms with Crippen molar-refractivity contribution >= 4 is 0 Å². The molecule has 20 heavy (non-hydrogen) atoms. The number of piperidine rings is 1. The molecule has 1 heterocycles. The minimum Gasteiger partial charge on any atom is -0.394 e. The zero-order chi connectivity index (χ0) is 15.2. The summed E-state index contributed by atoms with van der Waals surface area (Å²) in [5.74, 6) is 0. The molecule has 0 aromatic carbocycles. The molecule has 2 N–H and O–H groups in total. The predicted octanol–water partition coefficient (Wildman–Crippen LogP) is 3.03. The molecule has 0 spiro atoms. The van der Waals surface area contributed by atoms with Gasteiger partial charge in [0, 0.05) is 11.6 Å². The van der Waals surface area contributed by atoms with Crippen molar-refractivity contribution < 1.29 is 5.11 Å². The Kier molecular flexibility index (Phi) is 6.96. The van der Waals surface area contributed by atoms with E-state index in [1.807, 2.05) is 0 Å². The normalized spacial score (nSPS) is 22.9. The number of likely N-dealkylation sites (tertiary alicyclic amines) is 1. The maximum Gasteiger partial charge on any atom is 0.0613 e. The molecule has 1 fully saturated rings. The number of hydrogen-bond donors (Lipinski definition) is 2. The summed E-state index contributed by atoms with van der Waals surface area (Å²) >= 11 is 0. The van der Waals surface area contributed by atoms with Crippen molar-refractivity contribution in [1.82, 2.24) is 10.2 Å². The summed E-state index contributed by atoms with van der Waals surface area (Å²) < 4.78 is 0. The molecule has 0 bridgehead atoms. The van der Waals surface area contributed by atoms with Crippen LogP contribution in [0.1, 0.15) is 66.7 Å². The lowest BCUT2D eigenvalue weighted by Gasteiger charge is -2.38. The number of nitrogens with zero attached hydrogens (tertiary/aromatic N) is 1. The molecule has 0 aromatic rings. The fourth-order valence-electron chi connectivity index (χ4n) is 3.22. The number of hydrogen-bond acceptors (Lipinski definition) is 3. The van der Waals surface area contributed by atoms with Crippen molar-refractivity contribution in [2.45, 2.75) is 78.3 Å². The van der Waals surface area contributed by atoms with Crippen molar-refractivity contribution in [3.63, 3.8) is 0 Å². The third-order valence-corrected chi connectivity index (χ3v) is 4.91. The molecule has 1 aliphatic rings. The van der Waals surface area contributed by atoms with E-state index in [4.69, 9.17) is 0 Å². The van der Waals surface area contributed by atoms with Crippen LogP contribution >= 0.6 is 0 Å². The summed E-state index contributed by atoms with van der Waals surface area (Å²) in [5, 5.41) is 13.3. The van der Waals surface area contributed by atoms with Crippen LogP contribution < -0.4 is 5.32 Å². The van der Waals surface area contributed by atoms with E-state index in [1.54, 1.807) is 0 Å². The Bertz CT molecular complexity index is 262. The average molecular weight is 284 g/mol. The molecule has 1 atom stereocenters. The molecule has 0 aromatic heterocycles. The summed E-state index contributed by atoms with van der Waals surface area (Å²) in [7, 11) is 0. The van der Waals surface area contributed by atoms with Gasteiger partial charge in [-0.2, -0.15) is 0 Å². The second-order valence-corrected chi connectivity index (χ2v) is 7.70. The van der Waals surface area contributed by atoms with Gasteiger partial charge in [0.25, 0.3) is 0 Å². The second kappa shape index (κ2) is 7.77. The molecule has 1 unspecified atom stereocenters. The molecular formula is C17H36N2O. The Morgan fingerprint density at radius 3 is 2.30 bits per heavy atom. The van der Waals surface area contributed by atoms with Crippen LogP contribution in [0.15, 0.2) is 0 Å². The highest BCUT2D eigenvalue weighted by Gasteiger charge is 2.29. The van der Waals surface area contributed by atoms with E-state index in [9.17, 15) is 5.11 Å². The summed E-state index contributed by atoms with van der Waals surface area (Å²) in [5.41, 5.74) is 0.456. The molecule has 1 saturated heterocycles. The Hall–Kier alpha value is -0.120. The molecule has 3 nitrogen and oxygen atoms in total. The SMILES string of the molecule is CCC(CO)(CCCN1CCC(C)(C)CC1)NC(C)C. The van der Waals surface area contributed by atoms with Crippen LogP contribution in [0, 0.1) is 5.41 Å². The van der Waals surface area contributed by atoms with E-state index in [1.165, 1.54) is 38.9 Å². The zero-order valence-electron chi connectivity index (χ0n) is 14.3. The van der Waals surface area contributed by atoms with Gasteiger partial charge in [0.2, 0.25) is 0 Å². The minimum atomic E-state index is -0.0801. The highest BCUT2D eigenvalue weighted by atomic mass is 16.3. The number of rotatable bonds is 8. The maximum absolute atomic E-state index is 9.75. The standard InChI is InChI=1S/C17H36N2O/c1-6-17(14-20,18-15(2)3)8-7-11-19-12-9-16(4,5)10-13-19/h15,18,20H,6-14H2,1-5H3. The van der Waals surface area contributed by atoms with Gasteiger partial charge in [-0.3, -0.25) is 0 Å².